The van der Waals surface area contributed by atoms with Crippen molar-refractivity contribution in [3.63, 3.8) is 0 Å². The number of rotatable bonds is 5. The molecule has 11 nitrogen and oxygen atoms in total. The fourth-order valence-corrected chi connectivity index (χ4v) is 4.76. The highest BCUT2D eigenvalue weighted by Gasteiger charge is 2.37. The van der Waals surface area contributed by atoms with Gasteiger partial charge < -0.3 is 25.1 Å². The van der Waals surface area contributed by atoms with Crippen molar-refractivity contribution in [2.24, 2.45) is 0 Å². The molecule has 0 spiro atoms. The van der Waals surface area contributed by atoms with Crippen molar-refractivity contribution in [1.29, 1.82) is 0 Å². The van der Waals surface area contributed by atoms with Crippen molar-refractivity contribution < 1.29 is 19.3 Å². The Kier molecular flexibility index (Phi) is 6.79. The summed E-state index contributed by atoms with van der Waals surface area (Å²) in [5, 5.41) is 14.2. The Balaban J connectivity index is 0.00000280. The molecule has 1 aromatic carbocycles. The minimum Gasteiger partial charge on any atom is -0.324 e. The van der Waals surface area contributed by atoms with Crippen LogP contribution in [0.15, 0.2) is 21.7 Å². The van der Waals surface area contributed by atoms with Gasteiger partial charge in [0.1, 0.15) is 0 Å². The van der Waals surface area contributed by atoms with E-state index in [1.165, 1.54) is 6.07 Å². The summed E-state index contributed by atoms with van der Waals surface area (Å²) >= 11 is 0. The zero-order valence-electron chi connectivity index (χ0n) is 14.6. The van der Waals surface area contributed by atoms with Crippen molar-refractivity contribution >= 4 is 36.7 Å². The van der Waals surface area contributed by atoms with Crippen LogP contribution in [-0.4, -0.2) is 36.4 Å². The van der Waals surface area contributed by atoms with Crippen LogP contribution >= 0.6 is 20.0 Å². The third-order valence-corrected chi connectivity index (χ3v) is 6.31. The molecule has 1 heterocycles. The van der Waals surface area contributed by atoms with Crippen molar-refractivity contribution in [3.05, 3.63) is 48.5 Å². The molecule has 0 aliphatic heterocycles. The van der Waals surface area contributed by atoms with Crippen molar-refractivity contribution in [3.8, 4) is 0 Å². The van der Waals surface area contributed by atoms with Crippen LogP contribution in [0.4, 0.5) is 5.69 Å². The van der Waals surface area contributed by atoms with Crippen molar-refractivity contribution in [2.75, 3.05) is 0 Å². The van der Waals surface area contributed by atoms with Gasteiger partial charge in [0, 0.05) is 24.7 Å². The van der Waals surface area contributed by atoms with Gasteiger partial charge in [-0.2, -0.15) is 0 Å². The number of fused-ring (bicyclic) bond motifs is 1. The maximum atomic E-state index is 11.7. The summed E-state index contributed by atoms with van der Waals surface area (Å²) in [7, 11) is -4.28. The Labute approximate surface area is 164 Å². The lowest BCUT2D eigenvalue weighted by atomic mass is 9.94. The molecule has 3 rings (SSSR count). The Morgan fingerprint density at radius 2 is 1.82 bits per heavy atom. The summed E-state index contributed by atoms with van der Waals surface area (Å²) in [6.45, 7) is 0.0430. The zero-order chi connectivity index (χ0) is 19.8. The lowest BCUT2D eigenvalue weighted by molar-refractivity contribution is -0.384. The van der Waals surface area contributed by atoms with Crippen molar-refractivity contribution in [2.45, 2.75) is 43.9 Å². The number of nitro groups is 1. The van der Waals surface area contributed by atoms with Gasteiger partial charge in [0.25, 0.3) is 5.69 Å². The van der Waals surface area contributed by atoms with Gasteiger partial charge in [-0.1, -0.05) is 12.8 Å². The second kappa shape index (κ2) is 8.54. The molecule has 0 saturated heterocycles. The van der Waals surface area contributed by atoms with E-state index in [1.54, 1.807) is 0 Å². The predicted molar refractivity (Wildman–Crippen MR) is 104 cm³/mol. The van der Waals surface area contributed by atoms with E-state index in [2.05, 4.69) is 15.3 Å². The van der Waals surface area contributed by atoms with Crippen LogP contribution in [-0.2, 0) is 11.1 Å². The van der Waals surface area contributed by atoms with Gasteiger partial charge in [-0.25, -0.2) is 0 Å². The van der Waals surface area contributed by atoms with E-state index in [0.29, 0.717) is 18.4 Å². The Morgan fingerprint density at radius 3 is 2.46 bits per heavy atom. The Morgan fingerprint density at radius 1 is 1.18 bits per heavy atom. The third kappa shape index (κ3) is 4.68. The summed E-state index contributed by atoms with van der Waals surface area (Å²) in [4.78, 5) is 57.5. The first kappa shape index (κ1) is 22.3. The summed E-state index contributed by atoms with van der Waals surface area (Å²) < 4.78 is 11.7. The van der Waals surface area contributed by atoms with E-state index in [-0.39, 0.29) is 35.7 Å². The number of aromatic amines is 2. The van der Waals surface area contributed by atoms with E-state index in [0.717, 1.165) is 18.9 Å². The maximum Gasteiger partial charge on any atom is 0.330 e. The molecule has 1 aromatic heterocycles. The number of nitro benzene ring substituents is 1. The molecule has 13 heteroatoms. The number of non-ortho nitro benzene ring substituents is 1. The van der Waals surface area contributed by atoms with Gasteiger partial charge in [-0.05, 0) is 18.4 Å². The molecule has 5 N–H and O–H groups in total. The number of H-pyrrole nitrogens is 2. The molecule has 28 heavy (non-hydrogen) atoms. The highest BCUT2D eigenvalue weighted by Crippen LogP contribution is 2.48. The van der Waals surface area contributed by atoms with Crippen molar-refractivity contribution in [1.82, 2.24) is 15.3 Å². The van der Waals surface area contributed by atoms with E-state index in [9.17, 15) is 34.1 Å². The molecular formula is C15H20ClN4O7P. The highest BCUT2D eigenvalue weighted by molar-refractivity contribution is 7.52. The van der Waals surface area contributed by atoms with Crippen LogP contribution in [0.5, 0.6) is 0 Å². The third-order valence-electron chi connectivity index (χ3n) is 4.82. The fraction of sp³-hybridized carbons (Fsp3) is 0.467. The molecule has 2 aromatic rings. The molecule has 0 radical (unpaired) electrons. The average molecular weight is 435 g/mol. The first-order valence-electron chi connectivity index (χ1n) is 8.39. The largest absolute Gasteiger partial charge is 0.330 e. The molecule has 1 aliphatic rings. The molecular weight excluding hydrogens is 415 g/mol. The fourth-order valence-electron chi connectivity index (χ4n) is 3.52. The van der Waals surface area contributed by atoms with E-state index < -0.39 is 35.3 Å². The number of hydrogen-bond acceptors (Lipinski definition) is 6. The van der Waals surface area contributed by atoms with Gasteiger partial charge in [0.15, 0.2) is 0 Å². The standard InChI is InChI=1S/C15H19N4O7P.ClH/c20-14-15(21)18-13-8(5-9(19(22)23)6-11(13)17-14)7-16-10-3-1-2-4-12(10)27(24,25)26;/h5-6,10,12,16H,1-4,7H2,(H,17,20)(H,18,21)(H2,24,25,26);1H. The van der Waals surface area contributed by atoms with E-state index in [4.69, 9.17) is 0 Å². The Bertz CT molecular complexity index is 1050. The first-order valence-corrected chi connectivity index (χ1v) is 10.1. The van der Waals surface area contributed by atoms with Gasteiger partial charge in [0.2, 0.25) is 0 Å². The number of aromatic nitrogens is 2. The summed E-state index contributed by atoms with van der Waals surface area (Å²) in [6.07, 6.45) is 2.49. The molecule has 1 saturated carbocycles. The van der Waals surface area contributed by atoms with Crippen LogP contribution in [0.25, 0.3) is 11.0 Å². The van der Waals surface area contributed by atoms with Crippen LogP contribution in [0.3, 0.4) is 0 Å². The predicted octanol–water partition coefficient (Wildman–Crippen LogP) is 1.12. The molecule has 1 fully saturated rings. The van der Waals surface area contributed by atoms with Crippen LogP contribution in [0.2, 0.25) is 0 Å². The zero-order valence-corrected chi connectivity index (χ0v) is 16.3. The highest BCUT2D eigenvalue weighted by atomic mass is 35.5. The second-order valence-electron chi connectivity index (χ2n) is 6.62. The lowest BCUT2D eigenvalue weighted by Crippen LogP contribution is -2.41. The number of nitrogens with zero attached hydrogens (tertiary/aromatic N) is 1. The maximum absolute atomic E-state index is 11.7. The summed E-state index contributed by atoms with van der Waals surface area (Å²) in [5.74, 6) is 0. The number of benzene rings is 1. The minimum atomic E-state index is -4.28. The van der Waals surface area contributed by atoms with Crippen LogP contribution in [0.1, 0.15) is 31.2 Å². The summed E-state index contributed by atoms with van der Waals surface area (Å²) in [5.41, 5.74) is -2.20. The van der Waals surface area contributed by atoms with Crippen LogP contribution in [0, 0.1) is 10.1 Å². The monoisotopic (exact) mass is 434 g/mol. The normalized spacial score (nSPS) is 19.9. The van der Waals surface area contributed by atoms with E-state index in [1.807, 2.05) is 0 Å². The molecule has 154 valence electrons. The number of halogens is 1. The summed E-state index contributed by atoms with van der Waals surface area (Å²) in [6, 6.07) is 1.96. The molecule has 1 aliphatic carbocycles. The van der Waals surface area contributed by atoms with Gasteiger partial charge >= 0.3 is 18.7 Å². The topological polar surface area (TPSA) is 178 Å². The molecule has 2 atom stereocenters. The quantitative estimate of drug-likeness (QED) is 0.201. The second-order valence-corrected chi connectivity index (χ2v) is 8.46. The number of nitrogens with one attached hydrogen (secondary N) is 3. The first-order chi connectivity index (χ1) is 12.7. The lowest BCUT2D eigenvalue weighted by Gasteiger charge is -2.32. The van der Waals surface area contributed by atoms with E-state index >= 15 is 0 Å². The SMILES string of the molecule is Cl.O=c1[nH]c2cc([N+](=O)[O-])cc(CNC3CCCCC3P(=O)(O)O)c2[nH]c1=O. The number of hydrogen-bond donors (Lipinski definition) is 5. The minimum absolute atomic E-state index is 0. The molecule has 0 bridgehead atoms. The van der Waals surface area contributed by atoms with Gasteiger partial charge in [-0.15, -0.1) is 12.4 Å². The van der Waals surface area contributed by atoms with Gasteiger partial charge in [0.05, 0.1) is 21.6 Å². The van der Waals surface area contributed by atoms with Gasteiger partial charge in [-0.3, -0.25) is 24.3 Å². The average Bonchev–Trinajstić information content (AvgIpc) is 2.60. The smallest absolute Gasteiger partial charge is 0.324 e. The Hall–Kier alpha value is -2.04. The van der Waals surface area contributed by atoms with Crippen LogP contribution < -0.4 is 16.4 Å². The molecule has 2 unspecified atom stereocenters. The molecule has 0 amide bonds.